The zero-order valence-electron chi connectivity index (χ0n) is 20.8. The number of nitrogens with zero attached hydrogens (tertiary/aromatic N) is 1. The van der Waals surface area contributed by atoms with Crippen LogP contribution in [0.4, 0.5) is 4.79 Å². The third-order valence-corrected chi connectivity index (χ3v) is 8.01. The minimum absolute atomic E-state index is 0.0314. The monoisotopic (exact) mass is 531 g/mol. The highest BCUT2D eigenvalue weighted by Gasteiger charge is 2.43. The van der Waals surface area contributed by atoms with E-state index in [9.17, 15) is 14.6 Å². The first-order valence-corrected chi connectivity index (χ1v) is 13.9. The minimum atomic E-state index is -4.14. The molecule has 0 bridgehead atoms. The van der Waals surface area contributed by atoms with Crippen molar-refractivity contribution in [1.29, 1.82) is 0 Å². The highest BCUT2D eigenvalue weighted by molar-refractivity contribution is 7.54. The van der Waals surface area contributed by atoms with Gasteiger partial charge in [0.15, 0.2) is 5.78 Å². The molecule has 0 aliphatic heterocycles. The SMILES string of the molecule is O=C(Oc1ccccc1)N(O)C(CCc1ccccc1)P(=O)(OCc1ccccc1)OCc1ccccc1. The molecular formula is C30H30NO6P. The van der Waals surface area contributed by atoms with Crippen molar-refractivity contribution < 1.29 is 28.4 Å². The summed E-state index contributed by atoms with van der Waals surface area (Å²) in [4.78, 5) is 13.0. The summed E-state index contributed by atoms with van der Waals surface area (Å²) in [5.74, 6) is -1.09. The van der Waals surface area contributed by atoms with Crippen LogP contribution >= 0.6 is 7.60 Å². The van der Waals surface area contributed by atoms with E-state index in [2.05, 4.69) is 0 Å². The van der Waals surface area contributed by atoms with Crippen molar-refractivity contribution in [3.63, 3.8) is 0 Å². The molecule has 0 aliphatic carbocycles. The van der Waals surface area contributed by atoms with Crippen molar-refractivity contribution in [3.8, 4) is 5.75 Å². The average Bonchev–Trinajstić information content (AvgIpc) is 2.97. The summed E-state index contributed by atoms with van der Waals surface area (Å²) in [7, 11) is -4.14. The second kappa shape index (κ2) is 13.7. The number of benzene rings is 4. The maximum Gasteiger partial charge on any atom is 0.440 e. The number of hydrogen-bond acceptors (Lipinski definition) is 6. The summed E-state index contributed by atoms with van der Waals surface area (Å²) in [5.41, 5.74) is 2.49. The van der Waals surface area contributed by atoms with Gasteiger partial charge in [0.05, 0.1) is 13.2 Å². The van der Waals surface area contributed by atoms with Gasteiger partial charge in [0.25, 0.3) is 0 Å². The Bertz CT molecular complexity index is 1260. The van der Waals surface area contributed by atoms with Crippen LogP contribution in [-0.4, -0.2) is 22.1 Å². The predicted molar refractivity (Wildman–Crippen MR) is 145 cm³/mol. The van der Waals surface area contributed by atoms with E-state index in [4.69, 9.17) is 13.8 Å². The lowest BCUT2D eigenvalue weighted by Crippen LogP contribution is -2.40. The van der Waals surface area contributed by atoms with Crippen molar-refractivity contribution in [2.24, 2.45) is 0 Å². The Morgan fingerprint density at radius 1 is 0.684 bits per heavy atom. The number of hydroxylamine groups is 2. The molecule has 4 rings (SSSR count). The average molecular weight is 532 g/mol. The van der Waals surface area contributed by atoms with Crippen LogP contribution in [-0.2, 0) is 33.2 Å². The van der Waals surface area contributed by atoms with E-state index in [0.29, 0.717) is 11.5 Å². The summed E-state index contributed by atoms with van der Waals surface area (Å²) >= 11 is 0. The van der Waals surface area contributed by atoms with Crippen LogP contribution in [0.15, 0.2) is 121 Å². The van der Waals surface area contributed by atoms with Gasteiger partial charge in [0.1, 0.15) is 5.75 Å². The molecule has 38 heavy (non-hydrogen) atoms. The summed E-state index contributed by atoms with van der Waals surface area (Å²) < 4.78 is 31.6. The smallest absolute Gasteiger partial charge is 0.409 e. The number of para-hydroxylation sites is 1. The van der Waals surface area contributed by atoms with E-state index in [1.807, 2.05) is 91.0 Å². The van der Waals surface area contributed by atoms with E-state index in [-0.39, 0.29) is 25.4 Å². The molecule has 0 saturated heterocycles. The first-order valence-electron chi connectivity index (χ1n) is 12.3. The lowest BCUT2D eigenvalue weighted by atomic mass is 10.1. The van der Waals surface area contributed by atoms with Crippen LogP contribution in [0.25, 0.3) is 0 Å². The van der Waals surface area contributed by atoms with Gasteiger partial charge in [-0.15, -0.1) is 0 Å². The zero-order valence-corrected chi connectivity index (χ0v) is 21.7. The van der Waals surface area contributed by atoms with Gasteiger partial charge >= 0.3 is 13.7 Å². The largest absolute Gasteiger partial charge is 0.440 e. The Balaban J connectivity index is 1.61. The fourth-order valence-electron chi connectivity index (χ4n) is 3.80. The molecule has 0 radical (unpaired) electrons. The number of rotatable bonds is 12. The fraction of sp³-hybridized carbons (Fsp3) is 0.167. The quantitative estimate of drug-likeness (QED) is 0.116. The van der Waals surface area contributed by atoms with Crippen LogP contribution in [0.5, 0.6) is 5.75 Å². The molecule has 1 unspecified atom stereocenters. The van der Waals surface area contributed by atoms with E-state index in [0.717, 1.165) is 16.7 Å². The van der Waals surface area contributed by atoms with Gasteiger partial charge in [-0.3, -0.25) is 9.77 Å². The number of aryl methyl sites for hydroxylation is 1. The van der Waals surface area contributed by atoms with Crippen LogP contribution < -0.4 is 4.74 Å². The molecule has 1 N–H and O–H groups in total. The van der Waals surface area contributed by atoms with Gasteiger partial charge in [0, 0.05) is 0 Å². The summed E-state index contributed by atoms with van der Waals surface area (Å²) in [6, 6.07) is 36.3. The number of amides is 1. The maximum absolute atomic E-state index is 14.4. The van der Waals surface area contributed by atoms with Gasteiger partial charge in [0.2, 0.25) is 0 Å². The van der Waals surface area contributed by atoms with Crippen LogP contribution in [0, 0.1) is 0 Å². The normalized spacial score (nSPS) is 12.0. The summed E-state index contributed by atoms with van der Waals surface area (Å²) in [6.07, 6.45) is -0.569. The van der Waals surface area contributed by atoms with Gasteiger partial charge in [-0.25, -0.2) is 4.79 Å². The van der Waals surface area contributed by atoms with Crippen molar-refractivity contribution in [2.75, 3.05) is 0 Å². The number of hydrogen-bond donors (Lipinski definition) is 1. The molecule has 7 nitrogen and oxygen atoms in total. The Morgan fingerprint density at radius 2 is 1.11 bits per heavy atom. The number of carbonyl (C=O) groups is 1. The molecule has 4 aromatic rings. The first-order chi connectivity index (χ1) is 18.5. The fourth-order valence-corrected chi connectivity index (χ4v) is 5.68. The van der Waals surface area contributed by atoms with Crippen LogP contribution in [0.3, 0.4) is 0 Å². The van der Waals surface area contributed by atoms with Crippen molar-refractivity contribution >= 4 is 13.7 Å². The van der Waals surface area contributed by atoms with Gasteiger partial charge < -0.3 is 13.8 Å². The lowest BCUT2D eigenvalue weighted by molar-refractivity contribution is -0.0811. The van der Waals surface area contributed by atoms with E-state index >= 15 is 0 Å². The summed E-state index contributed by atoms with van der Waals surface area (Å²) in [6.45, 7) is -0.0629. The summed E-state index contributed by atoms with van der Waals surface area (Å²) in [5, 5.41) is 11.4. The van der Waals surface area contributed by atoms with Gasteiger partial charge in [-0.1, -0.05) is 109 Å². The van der Waals surface area contributed by atoms with E-state index < -0.39 is 19.5 Å². The highest BCUT2D eigenvalue weighted by atomic mass is 31.2. The number of ether oxygens (including phenoxy) is 1. The van der Waals surface area contributed by atoms with Crippen LogP contribution in [0.1, 0.15) is 23.1 Å². The van der Waals surface area contributed by atoms with Gasteiger partial charge in [-0.2, -0.15) is 5.06 Å². The molecule has 1 amide bonds. The van der Waals surface area contributed by atoms with Crippen LogP contribution in [0.2, 0.25) is 0 Å². The molecule has 0 fully saturated rings. The second-order valence-electron chi connectivity index (χ2n) is 8.59. The Hall–Kier alpha value is -3.74. The van der Waals surface area contributed by atoms with Crippen molar-refractivity contribution in [2.45, 2.75) is 31.8 Å². The second-order valence-corrected chi connectivity index (χ2v) is 10.8. The molecule has 0 aromatic heterocycles. The van der Waals surface area contributed by atoms with E-state index in [1.165, 1.54) is 0 Å². The predicted octanol–water partition coefficient (Wildman–Crippen LogP) is 7.46. The Kier molecular flexibility index (Phi) is 9.84. The maximum atomic E-state index is 14.4. The first kappa shape index (κ1) is 27.3. The van der Waals surface area contributed by atoms with E-state index in [1.54, 1.807) is 30.3 Å². The molecule has 4 aromatic carbocycles. The molecule has 0 spiro atoms. The van der Waals surface area contributed by atoms with Gasteiger partial charge in [-0.05, 0) is 41.7 Å². The number of carbonyl (C=O) groups excluding carboxylic acids is 1. The lowest BCUT2D eigenvalue weighted by Gasteiger charge is -2.31. The molecule has 196 valence electrons. The standard InChI is InChI=1S/C30H30NO6P/c32-30(37-28-19-11-4-12-20-28)31(33)29(22-21-25-13-5-1-6-14-25)38(34,35-23-26-15-7-2-8-16-26)36-24-27-17-9-3-10-18-27/h1-20,29,33H,21-24H2. The molecule has 0 heterocycles. The minimum Gasteiger partial charge on any atom is -0.409 e. The third kappa shape index (κ3) is 7.88. The molecule has 8 heteroatoms. The molecular weight excluding hydrogens is 501 g/mol. The zero-order chi connectivity index (χ0) is 26.6. The van der Waals surface area contributed by atoms with Crippen molar-refractivity contribution in [1.82, 2.24) is 5.06 Å². The Morgan fingerprint density at radius 3 is 1.58 bits per heavy atom. The molecule has 0 aliphatic rings. The highest BCUT2D eigenvalue weighted by Crippen LogP contribution is 2.56. The van der Waals surface area contributed by atoms with Crippen molar-refractivity contribution in [3.05, 3.63) is 138 Å². The topological polar surface area (TPSA) is 85.3 Å². The molecule has 0 saturated carbocycles. The third-order valence-electron chi connectivity index (χ3n) is 5.82. The molecule has 1 atom stereocenters. The Labute approximate surface area is 222 Å².